The highest BCUT2D eigenvalue weighted by atomic mass is 16.5. The monoisotopic (exact) mass is 366 g/mol. The van der Waals surface area contributed by atoms with E-state index in [4.69, 9.17) is 9.47 Å². The average Bonchev–Trinajstić information content (AvgIpc) is 2.63. The topological polar surface area (TPSA) is 18.5 Å². The Labute approximate surface area is 163 Å². The first-order valence-corrected chi connectivity index (χ1v) is 11.3. The smallest absolute Gasteiger partial charge is 0.0704 e. The molecule has 0 heterocycles. The molecule has 0 aromatic carbocycles. The van der Waals surface area contributed by atoms with E-state index < -0.39 is 0 Å². The number of hydrogen-bond donors (Lipinski definition) is 0. The van der Waals surface area contributed by atoms with Crippen molar-refractivity contribution in [3.63, 3.8) is 0 Å². The van der Waals surface area contributed by atoms with Crippen LogP contribution in [0.3, 0.4) is 0 Å². The molecule has 0 aromatic rings. The van der Waals surface area contributed by atoms with E-state index in [2.05, 4.69) is 69.2 Å². The summed E-state index contributed by atoms with van der Waals surface area (Å²) in [5.74, 6) is 7.00. The summed E-state index contributed by atoms with van der Waals surface area (Å²) >= 11 is 0. The molecular formula is C24H46O2. The molecule has 2 aliphatic rings. The molecule has 2 rings (SSSR count). The lowest BCUT2D eigenvalue weighted by atomic mass is 9.63. The third-order valence-corrected chi connectivity index (χ3v) is 9.41. The standard InChI is InChI=1S/C24H46O2/c1-13-15(3)19(7)23(20(8)16(13)4)25-11-12-26-24-21(9)17(5)14(2)18(6)22(24)10/h13-24H,11-12H2,1-10H3. The highest BCUT2D eigenvalue weighted by Gasteiger charge is 2.43. The van der Waals surface area contributed by atoms with E-state index in [0.29, 0.717) is 35.9 Å². The summed E-state index contributed by atoms with van der Waals surface area (Å²) in [5, 5.41) is 0. The fraction of sp³-hybridized carbons (Fsp3) is 1.00. The molecule has 0 aromatic heterocycles. The zero-order valence-electron chi connectivity index (χ0n) is 19.2. The van der Waals surface area contributed by atoms with Crippen LogP contribution in [0.5, 0.6) is 0 Å². The minimum Gasteiger partial charge on any atom is -0.375 e. The Balaban J connectivity index is 1.86. The van der Waals surface area contributed by atoms with Gasteiger partial charge in [0.15, 0.2) is 0 Å². The van der Waals surface area contributed by atoms with Crippen molar-refractivity contribution in [1.82, 2.24) is 0 Å². The van der Waals surface area contributed by atoms with Crippen LogP contribution in [0.2, 0.25) is 0 Å². The maximum atomic E-state index is 6.41. The zero-order valence-corrected chi connectivity index (χ0v) is 19.2. The molecule has 0 amide bonds. The third-order valence-electron chi connectivity index (χ3n) is 9.41. The second-order valence-electron chi connectivity index (χ2n) is 10.3. The molecule has 154 valence electrons. The van der Waals surface area contributed by atoms with Gasteiger partial charge < -0.3 is 9.47 Å². The molecule has 0 bridgehead atoms. The van der Waals surface area contributed by atoms with E-state index >= 15 is 0 Å². The van der Waals surface area contributed by atoms with Gasteiger partial charge in [0.05, 0.1) is 25.4 Å². The summed E-state index contributed by atoms with van der Waals surface area (Å²) < 4.78 is 12.8. The normalized spacial score (nSPS) is 52.8. The second-order valence-corrected chi connectivity index (χ2v) is 10.3. The van der Waals surface area contributed by atoms with Crippen LogP contribution in [0.25, 0.3) is 0 Å². The SMILES string of the molecule is CC1C(C)C(C)C(OCCOC2C(C)C(C)C(C)C(C)C2C)C(C)C1C. The van der Waals surface area contributed by atoms with Crippen molar-refractivity contribution < 1.29 is 9.47 Å². The Morgan fingerprint density at radius 2 is 0.538 bits per heavy atom. The Morgan fingerprint density at radius 1 is 0.346 bits per heavy atom. The number of rotatable bonds is 5. The predicted octanol–water partition coefficient (Wildman–Crippen LogP) is 6.15. The first-order chi connectivity index (χ1) is 12.1. The van der Waals surface area contributed by atoms with Crippen LogP contribution >= 0.6 is 0 Å². The van der Waals surface area contributed by atoms with E-state index in [1.54, 1.807) is 0 Å². The van der Waals surface area contributed by atoms with E-state index in [1.165, 1.54) is 0 Å². The molecule has 2 heteroatoms. The quantitative estimate of drug-likeness (QED) is 0.544. The first-order valence-electron chi connectivity index (χ1n) is 11.3. The Kier molecular flexibility index (Phi) is 7.64. The molecular weight excluding hydrogens is 320 g/mol. The van der Waals surface area contributed by atoms with Crippen LogP contribution in [0.4, 0.5) is 0 Å². The van der Waals surface area contributed by atoms with Crippen molar-refractivity contribution in [2.45, 2.75) is 81.4 Å². The molecule has 0 aliphatic heterocycles. The molecule has 2 nitrogen and oxygen atoms in total. The van der Waals surface area contributed by atoms with Gasteiger partial charge in [-0.3, -0.25) is 0 Å². The molecule has 0 N–H and O–H groups in total. The van der Waals surface area contributed by atoms with Gasteiger partial charge in [-0.25, -0.2) is 0 Å². The fourth-order valence-corrected chi connectivity index (χ4v) is 6.00. The minimum absolute atomic E-state index is 0.374. The van der Waals surface area contributed by atoms with Gasteiger partial charge in [-0.2, -0.15) is 0 Å². The molecule has 2 aliphatic carbocycles. The number of hydrogen-bond acceptors (Lipinski definition) is 2. The zero-order chi connectivity index (χ0) is 19.8. The highest BCUT2D eigenvalue weighted by molar-refractivity contribution is 4.91. The van der Waals surface area contributed by atoms with Gasteiger partial charge in [-0.1, -0.05) is 69.2 Å². The fourth-order valence-electron chi connectivity index (χ4n) is 6.00. The molecule has 8 unspecified atom stereocenters. The van der Waals surface area contributed by atoms with Crippen molar-refractivity contribution in [2.24, 2.45) is 59.2 Å². The van der Waals surface area contributed by atoms with Crippen LogP contribution in [0, 0.1) is 59.2 Å². The Morgan fingerprint density at radius 3 is 0.769 bits per heavy atom. The summed E-state index contributed by atoms with van der Waals surface area (Å²) in [7, 11) is 0. The molecule has 0 radical (unpaired) electrons. The van der Waals surface area contributed by atoms with Crippen LogP contribution in [0.15, 0.2) is 0 Å². The lowest BCUT2D eigenvalue weighted by Gasteiger charge is -2.47. The van der Waals surface area contributed by atoms with Crippen LogP contribution in [-0.4, -0.2) is 25.4 Å². The molecule has 2 fully saturated rings. The first kappa shape index (κ1) is 22.2. The van der Waals surface area contributed by atoms with Crippen molar-refractivity contribution >= 4 is 0 Å². The van der Waals surface area contributed by atoms with E-state index in [9.17, 15) is 0 Å². The van der Waals surface area contributed by atoms with Gasteiger partial charge in [-0.05, 0) is 59.2 Å². The van der Waals surface area contributed by atoms with E-state index in [-0.39, 0.29) is 0 Å². The Hall–Kier alpha value is -0.0800. The molecule has 0 saturated heterocycles. The average molecular weight is 367 g/mol. The van der Waals surface area contributed by atoms with Crippen molar-refractivity contribution in [3.8, 4) is 0 Å². The summed E-state index contributed by atoms with van der Waals surface area (Å²) in [6, 6.07) is 0. The van der Waals surface area contributed by atoms with Gasteiger partial charge >= 0.3 is 0 Å². The summed E-state index contributed by atoms with van der Waals surface area (Å²) in [6.07, 6.45) is 0.748. The lowest BCUT2D eigenvalue weighted by molar-refractivity contribution is -0.135. The lowest BCUT2D eigenvalue weighted by Crippen LogP contribution is -2.47. The van der Waals surface area contributed by atoms with Crippen LogP contribution in [0.1, 0.15) is 69.2 Å². The number of ether oxygens (including phenoxy) is 2. The Bertz CT molecular complexity index is 364. The van der Waals surface area contributed by atoms with Crippen molar-refractivity contribution in [3.05, 3.63) is 0 Å². The molecule has 8 atom stereocenters. The van der Waals surface area contributed by atoms with Crippen LogP contribution < -0.4 is 0 Å². The molecule has 26 heavy (non-hydrogen) atoms. The maximum absolute atomic E-state index is 6.41. The van der Waals surface area contributed by atoms with Crippen LogP contribution in [-0.2, 0) is 9.47 Å². The van der Waals surface area contributed by atoms with Gasteiger partial charge in [0.1, 0.15) is 0 Å². The van der Waals surface area contributed by atoms with E-state index in [1.807, 2.05) is 0 Å². The van der Waals surface area contributed by atoms with Crippen molar-refractivity contribution in [1.29, 1.82) is 0 Å². The van der Waals surface area contributed by atoms with Gasteiger partial charge in [0, 0.05) is 0 Å². The second kappa shape index (κ2) is 8.95. The largest absolute Gasteiger partial charge is 0.375 e. The van der Waals surface area contributed by atoms with Crippen molar-refractivity contribution in [2.75, 3.05) is 13.2 Å². The van der Waals surface area contributed by atoms with Gasteiger partial charge in [0.2, 0.25) is 0 Å². The van der Waals surface area contributed by atoms with Gasteiger partial charge in [-0.15, -0.1) is 0 Å². The summed E-state index contributed by atoms with van der Waals surface area (Å²) in [6.45, 7) is 25.4. The summed E-state index contributed by atoms with van der Waals surface area (Å²) in [5.41, 5.74) is 0. The highest BCUT2D eigenvalue weighted by Crippen LogP contribution is 2.44. The van der Waals surface area contributed by atoms with Gasteiger partial charge in [0.25, 0.3) is 0 Å². The summed E-state index contributed by atoms with van der Waals surface area (Å²) in [4.78, 5) is 0. The molecule has 0 spiro atoms. The van der Waals surface area contributed by atoms with E-state index in [0.717, 1.165) is 48.7 Å². The minimum atomic E-state index is 0.374. The maximum Gasteiger partial charge on any atom is 0.0704 e. The predicted molar refractivity (Wildman–Crippen MR) is 111 cm³/mol. The molecule has 2 saturated carbocycles. The third kappa shape index (κ3) is 4.17.